The van der Waals surface area contributed by atoms with Gasteiger partial charge < -0.3 is 4.74 Å². The predicted molar refractivity (Wildman–Crippen MR) is 117 cm³/mol. The first-order valence-electron chi connectivity index (χ1n) is 8.87. The standard InChI is InChI=1S/C22H17BrN4O2/c1-29-20-11-10-14-6-2-4-8-16(14)21(20)18-12-19(26-25-18)22(28)27-24-13-15-7-3-5-9-17(15)23/h2-13H,1H3,(H,25,26)(H,27,28). The van der Waals surface area contributed by atoms with E-state index in [1.165, 1.54) is 0 Å². The molecule has 144 valence electrons. The zero-order chi connectivity index (χ0) is 20.2. The van der Waals surface area contributed by atoms with Crippen LogP contribution in [0.15, 0.2) is 76.3 Å². The zero-order valence-electron chi connectivity index (χ0n) is 15.5. The number of ether oxygens (including phenoxy) is 1. The Labute approximate surface area is 175 Å². The van der Waals surface area contributed by atoms with E-state index in [0.717, 1.165) is 26.4 Å². The Kier molecular flexibility index (Phi) is 5.39. The molecule has 1 heterocycles. The fraction of sp³-hybridized carbons (Fsp3) is 0.0455. The highest BCUT2D eigenvalue weighted by Crippen LogP contribution is 2.36. The lowest BCUT2D eigenvalue weighted by atomic mass is 10.0. The Morgan fingerprint density at radius 3 is 2.76 bits per heavy atom. The zero-order valence-corrected chi connectivity index (χ0v) is 17.1. The summed E-state index contributed by atoms with van der Waals surface area (Å²) < 4.78 is 6.41. The number of aromatic amines is 1. The number of amides is 1. The van der Waals surface area contributed by atoms with Gasteiger partial charge >= 0.3 is 0 Å². The second kappa shape index (κ2) is 8.28. The predicted octanol–water partition coefficient (Wildman–Crippen LogP) is 4.76. The number of benzene rings is 3. The topological polar surface area (TPSA) is 79.4 Å². The molecule has 0 aliphatic heterocycles. The molecule has 4 aromatic rings. The first-order valence-corrected chi connectivity index (χ1v) is 9.66. The van der Waals surface area contributed by atoms with E-state index in [9.17, 15) is 4.79 Å². The number of fused-ring (bicyclic) bond motifs is 1. The average Bonchev–Trinajstić information content (AvgIpc) is 3.24. The van der Waals surface area contributed by atoms with Crippen molar-refractivity contribution in [2.45, 2.75) is 0 Å². The molecular formula is C22H17BrN4O2. The first kappa shape index (κ1) is 18.9. The highest BCUT2D eigenvalue weighted by Gasteiger charge is 2.16. The number of methoxy groups -OCH3 is 1. The lowest BCUT2D eigenvalue weighted by Crippen LogP contribution is -2.18. The van der Waals surface area contributed by atoms with E-state index in [1.54, 1.807) is 19.4 Å². The van der Waals surface area contributed by atoms with Gasteiger partial charge in [-0.1, -0.05) is 64.5 Å². The number of hydrogen-bond donors (Lipinski definition) is 2. The molecule has 0 spiro atoms. The molecule has 7 heteroatoms. The van der Waals surface area contributed by atoms with Gasteiger partial charge in [-0.25, -0.2) is 5.43 Å². The summed E-state index contributed by atoms with van der Waals surface area (Å²) in [6.07, 6.45) is 1.58. The number of hydrazone groups is 1. The molecule has 0 aliphatic carbocycles. The van der Waals surface area contributed by atoms with Crippen LogP contribution in [0.5, 0.6) is 5.75 Å². The van der Waals surface area contributed by atoms with Crippen LogP contribution >= 0.6 is 15.9 Å². The summed E-state index contributed by atoms with van der Waals surface area (Å²) in [7, 11) is 1.62. The second-order valence-corrected chi connectivity index (χ2v) is 7.11. The van der Waals surface area contributed by atoms with Gasteiger partial charge in [0.15, 0.2) is 0 Å². The molecule has 1 aromatic heterocycles. The summed E-state index contributed by atoms with van der Waals surface area (Å²) >= 11 is 3.44. The summed E-state index contributed by atoms with van der Waals surface area (Å²) in [5, 5.41) is 13.2. The van der Waals surface area contributed by atoms with Gasteiger partial charge in [-0.2, -0.15) is 10.2 Å². The molecule has 6 nitrogen and oxygen atoms in total. The number of carbonyl (C=O) groups is 1. The molecule has 0 radical (unpaired) electrons. The monoisotopic (exact) mass is 448 g/mol. The maximum absolute atomic E-state index is 12.4. The number of halogens is 1. The number of hydrogen-bond acceptors (Lipinski definition) is 4. The quantitative estimate of drug-likeness (QED) is 0.341. The highest BCUT2D eigenvalue weighted by molar-refractivity contribution is 9.10. The van der Waals surface area contributed by atoms with Gasteiger partial charge in [0.25, 0.3) is 5.91 Å². The number of H-pyrrole nitrogens is 1. The fourth-order valence-corrected chi connectivity index (χ4v) is 3.44. The van der Waals surface area contributed by atoms with E-state index in [2.05, 4.69) is 36.7 Å². The molecule has 0 aliphatic rings. The first-order chi connectivity index (χ1) is 14.2. The van der Waals surface area contributed by atoms with Crippen molar-refractivity contribution in [3.8, 4) is 17.0 Å². The molecule has 0 atom stereocenters. The third-order valence-electron chi connectivity index (χ3n) is 4.46. The highest BCUT2D eigenvalue weighted by atomic mass is 79.9. The van der Waals surface area contributed by atoms with Gasteiger partial charge in [0.2, 0.25) is 0 Å². The second-order valence-electron chi connectivity index (χ2n) is 6.25. The van der Waals surface area contributed by atoms with E-state index in [4.69, 9.17) is 4.74 Å². The summed E-state index contributed by atoms with van der Waals surface area (Å²) in [6.45, 7) is 0. The third-order valence-corrected chi connectivity index (χ3v) is 5.19. The van der Waals surface area contributed by atoms with Crippen molar-refractivity contribution < 1.29 is 9.53 Å². The SMILES string of the molecule is COc1ccc2ccccc2c1-c1cc(C(=O)NN=Cc2ccccc2Br)[nH]n1. The largest absolute Gasteiger partial charge is 0.496 e. The van der Waals surface area contributed by atoms with E-state index in [-0.39, 0.29) is 5.91 Å². The molecule has 3 aromatic carbocycles. The van der Waals surface area contributed by atoms with Gasteiger partial charge in [0.05, 0.1) is 24.6 Å². The van der Waals surface area contributed by atoms with Crippen molar-refractivity contribution in [3.63, 3.8) is 0 Å². The average molecular weight is 449 g/mol. The normalized spacial score (nSPS) is 11.1. The molecule has 2 N–H and O–H groups in total. The van der Waals surface area contributed by atoms with Crippen LogP contribution in [0.2, 0.25) is 0 Å². The molecule has 4 rings (SSSR count). The minimum Gasteiger partial charge on any atom is -0.496 e. The maximum Gasteiger partial charge on any atom is 0.289 e. The van der Waals surface area contributed by atoms with Crippen molar-refractivity contribution >= 4 is 38.8 Å². The van der Waals surface area contributed by atoms with E-state index in [0.29, 0.717) is 17.1 Å². The smallest absolute Gasteiger partial charge is 0.289 e. The van der Waals surface area contributed by atoms with Gasteiger partial charge in [0, 0.05) is 10.0 Å². The minimum absolute atomic E-state index is 0.305. The van der Waals surface area contributed by atoms with Gasteiger partial charge in [0.1, 0.15) is 11.4 Å². The van der Waals surface area contributed by atoms with Crippen LogP contribution in [0, 0.1) is 0 Å². The van der Waals surface area contributed by atoms with Crippen LogP contribution in [0.4, 0.5) is 0 Å². The van der Waals surface area contributed by atoms with E-state index < -0.39 is 0 Å². The van der Waals surface area contributed by atoms with Crippen LogP contribution in [0.25, 0.3) is 22.0 Å². The Hall–Kier alpha value is -3.45. The molecule has 0 bridgehead atoms. The van der Waals surface area contributed by atoms with Crippen LogP contribution in [-0.2, 0) is 0 Å². The maximum atomic E-state index is 12.4. The molecular weight excluding hydrogens is 432 g/mol. The minimum atomic E-state index is -0.383. The van der Waals surface area contributed by atoms with Crippen LogP contribution in [0.3, 0.4) is 0 Å². The molecule has 29 heavy (non-hydrogen) atoms. The van der Waals surface area contributed by atoms with Gasteiger partial charge in [-0.05, 0) is 29.0 Å². The van der Waals surface area contributed by atoms with Crippen molar-refractivity contribution in [1.82, 2.24) is 15.6 Å². The lowest BCUT2D eigenvalue weighted by molar-refractivity contribution is 0.0950. The fourth-order valence-electron chi connectivity index (χ4n) is 3.05. The van der Waals surface area contributed by atoms with Crippen molar-refractivity contribution in [2.75, 3.05) is 7.11 Å². The van der Waals surface area contributed by atoms with Crippen LogP contribution in [-0.4, -0.2) is 29.4 Å². The molecule has 0 fully saturated rings. The van der Waals surface area contributed by atoms with Gasteiger partial charge in [-0.15, -0.1) is 0 Å². The Morgan fingerprint density at radius 2 is 1.93 bits per heavy atom. The molecule has 1 amide bonds. The number of nitrogens with one attached hydrogen (secondary N) is 2. The number of nitrogens with zero attached hydrogens (tertiary/aromatic N) is 2. The number of carbonyl (C=O) groups excluding carboxylic acids is 1. The van der Waals surface area contributed by atoms with Crippen molar-refractivity contribution in [3.05, 3.63) is 82.5 Å². The number of rotatable bonds is 5. The molecule has 0 unspecified atom stereocenters. The summed E-state index contributed by atoms with van der Waals surface area (Å²) in [5.74, 6) is 0.306. The molecule has 0 saturated carbocycles. The lowest BCUT2D eigenvalue weighted by Gasteiger charge is -2.09. The third kappa shape index (κ3) is 3.90. The van der Waals surface area contributed by atoms with Gasteiger partial charge in [-0.3, -0.25) is 9.89 Å². The summed E-state index contributed by atoms with van der Waals surface area (Å²) in [4.78, 5) is 12.4. The van der Waals surface area contributed by atoms with Crippen LogP contribution in [0.1, 0.15) is 16.1 Å². The van der Waals surface area contributed by atoms with Crippen molar-refractivity contribution in [2.24, 2.45) is 5.10 Å². The Bertz CT molecular complexity index is 1220. The Balaban J connectivity index is 1.60. The summed E-state index contributed by atoms with van der Waals surface area (Å²) in [5.41, 5.74) is 5.13. The van der Waals surface area contributed by atoms with E-state index >= 15 is 0 Å². The summed E-state index contributed by atoms with van der Waals surface area (Å²) in [6, 6.07) is 21.1. The molecule has 0 saturated heterocycles. The van der Waals surface area contributed by atoms with Crippen molar-refractivity contribution in [1.29, 1.82) is 0 Å². The number of aromatic nitrogens is 2. The Morgan fingerprint density at radius 1 is 1.14 bits per heavy atom. The van der Waals surface area contributed by atoms with Crippen LogP contribution < -0.4 is 10.2 Å². The van der Waals surface area contributed by atoms with E-state index in [1.807, 2.05) is 60.7 Å².